The van der Waals surface area contributed by atoms with Gasteiger partial charge in [-0.2, -0.15) is 10.2 Å². The van der Waals surface area contributed by atoms with Crippen LogP contribution in [-0.2, 0) is 6.54 Å². The number of nitrogens with one attached hydrogen (secondary N) is 2. The van der Waals surface area contributed by atoms with E-state index in [1.54, 1.807) is 13.2 Å². The van der Waals surface area contributed by atoms with Crippen LogP contribution >= 0.6 is 0 Å². The predicted octanol–water partition coefficient (Wildman–Crippen LogP) is 4.20. The van der Waals surface area contributed by atoms with E-state index in [-0.39, 0.29) is 5.91 Å². The minimum atomic E-state index is -0.250. The minimum Gasteiger partial charge on any atom is -0.497 e. The van der Waals surface area contributed by atoms with Crippen molar-refractivity contribution in [1.29, 1.82) is 0 Å². The first-order valence-corrected chi connectivity index (χ1v) is 9.63. The highest BCUT2D eigenvalue weighted by atomic mass is 16.5. The molecule has 0 bridgehead atoms. The molecule has 7 heteroatoms. The molecule has 7 nitrogen and oxygen atoms in total. The van der Waals surface area contributed by atoms with Gasteiger partial charge in [-0.25, -0.2) is 0 Å². The van der Waals surface area contributed by atoms with Crippen molar-refractivity contribution in [2.75, 3.05) is 12.4 Å². The fourth-order valence-corrected chi connectivity index (χ4v) is 3.32. The average molecular weight is 401 g/mol. The lowest BCUT2D eigenvalue weighted by molar-refractivity contribution is 0.102. The number of nitrogens with zero attached hydrogens (tertiary/aromatic N) is 3. The summed E-state index contributed by atoms with van der Waals surface area (Å²) in [6, 6.07) is 19.1. The molecule has 0 aliphatic rings. The molecule has 2 aromatic heterocycles. The molecular weight excluding hydrogens is 378 g/mol. The van der Waals surface area contributed by atoms with Crippen LogP contribution < -0.4 is 10.1 Å². The molecule has 0 saturated heterocycles. The van der Waals surface area contributed by atoms with Crippen LogP contribution in [0.5, 0.6) is 5.75 Å². The van der Waals surface area contributed by atoms with E-state index in [9.17, 15) is 4.79 Å². The van der Waals surface area contributed by atoms with Crippen molar-refractivity contribution in [2.45, 2.75) is 20.4 Å². The summed E-state index contributed by atoms with van der Waals surface area (Å²) < 4.78 is 7.20. The maximum absolute atomic E-state index is 12.7. The van der Waals surface area contributed by atoms with Gasteiger partial charge < -0.3 is 10.1 Å². The van der Waals surface area contributed by atoms with E-state index in [0.29, 0.717) is 17.9 Å². The number of hydrogen-bond donors (Lipinski definition) is 2. The number of methoxy groups -OCH3 is 1. The van der Waals surface area contributed by atoms with Gasteiger partial charge in [0.25, 0.3) is 5.91 Å². The molecule has 152 valence electrons. The molecule has 0 unspecified atom stereocenters. The van der Waals surface area contributed by atoms with Crippen LogP contribution in [0.4, 0.5) is 5.69 Å². The number of amides is 1. The van der Waals surface area contributed by atoms with Gasteiger partial charge in [0.15, 0.2) is 0 Å². The third kappa shape index (κ3) is 4.25. The number of carbonyl (C=O) groups excluding carboxylic acids is 1. The fourth-order valence-electron chi connectivity index (χ4n) is 3.32. The normalized spacial score (nSPS) is 10.8. The molecule has 2 N–H and O–H groups in total. The van der Waals surface area contributed by atoms with E-state index >= 15 is 0 Å². The van der Waals surface area contributed by atoms with Gasteiger partial charge in [-0.3, -0.25) is 14.6 Å². The number of benzene rings is 2. The summed E-state index contributed by atoms with van der Waals surface area (Å²) in [5.41, 5.74) is 5.80. The molecule has 0 saturated carbocycles. The van der Waals surface area contributed by atoms with E-state index in [4.69, 9.17) is 4.74 Å². The number of rotatable bonds is 6. The third-order valence-electron chi connectivity index (χ3n) is 4.81. The summed E-state index contributed by atoms with van der Waals surface area (Å²) in [5.74, 6) is 0.487. The maximum atomic E-state index is 12.7. The van der Waals surface area contributed by atoms with Crippen LogP contribution in [0.25, 0.3) is 11.3 Å². The molecule has 0 radical (unpaired) electrons. The van der Waals surface area contributed by atoms with Crippen molar-refractivity contribution in [3.8, 4) is 17.0 Å². The Balaban J connectivity index is 1.48. The molecule has 4 aromatic rings. The number of aryl methyl sites for hydroxylation is 2. The molecule has 1 amide bonds. The van der Waals surface area contributed by atoms with Gasteiger partial charge in [-0.15, -0.1) is 0 Å². The molecule has 0 spiro atoms. The summed E-state index contributed by atoms with van der Waals surface area (Å²) in [5, 5.41) is 14.5. The number of ether oxygens (including phenoxy) is 1. The zero-order valence-electron chi connectivity index (χ0n) is 17.1. The number of hydrogen-bond acceptors (Lipinski definition) is 4. The Morgan fingerprint density at radius 1 is 1.10 bits per heavy atom. The Kier molecular flexibility index (Phi) is 5.34. The predicted molar refractivity (Wildman–Crippen MR) is 116 cm³/mol. The van der Waals surface area contributed by atoms with Crippen LogP contribution in [0.1, 0.15) is 27.4 Å². The van der Waals surface area contributed by atoms with Crippen LogP contribution in [0.2, 0.25) is 0 Å². The smallest absolute Gasteiger partial charge is 0.273 e. The zero-order chi connectivity index (χ0) is 21.1. The summed E-state index contributed by atoms with van der Waals surface area (Å²) in [7, 11) is 1.62. The Bertz CT molecular complexity index is 1190. The first-order chi connectivity index (χ1) is 14.5. The SMILES string of the molecule is COc1cccc(-c2cc(C(=O)Nc3cccc(Cn4nc(C)cc4C)c3)[nH]n2)c1. The molecule has 0 fully saturated rings. The molecule has 0 atom stereocenters. The lowest BCUT2D eigenvalue weighted by Gasteiger charge is -2.08. The Morgan fingerprint density at radius 3 is 2.70 bits per heavy atom. The second kappa shape index (κ2) is 8.24. The molecule has 4 rings (SSSR count). The largest absolute Gasteiger partial charge is 0.497 e. The van der Waals surface area contributed by atoms with Crippen molar-refractivity contribution in [1.82, 2.24) is 20.0 Å². The molecule has 2 aromatic carbocycles. The van der Waals surface area contributed by atoms with Crippen molar-refractivity contribution in [2.24, 2.45) is 0 Å². The van der Waals surface area contributed by atoms with E-state index in [1.807, 2.05) is 73.1 Å². The highest BCUT2D eigenvalue weighted by Gasteiger charge is 2.12. The topological polar surface area (TPSA) is 84.8 Å². The van der Waals surface area contributed by atoms with E-state index in [0.717, 1.165) is 34.0 Å². The summed E-state index contributed by atoms with van der Waals surface area (Å²) in [4.78, 5) is 12.7. The number of aromatic amines is 1. The van der Waals surface area contributed by atoms with Crippen molar-refractivity contribution >= 4 is 11.6 Å². The monoisotopic (exact) mass is 401 g/mol. The van der Waals surface area contributed by atoms with Crippen LogP contribution in [0.3, 0.4) is 0 Å². The van der Waals surface area contributed by atoms with Gasteiger partial charge in [0, 0.05) is 16.9 Å². The standard InChI is InChI=1S/C23H23N5O2/c1-15-10-16(2)28(27-15)14-17-6-4-8-19(11-17)24-23(29)22-13-21(25-26-22)18-7-5-9-20(12-18)30-3/h4-13H,14H2,1-3H3,(H,24,29)(H,25,26). The summed E-state index contributed by atoms with van der Waals surface area (Å²) >= 11 is 0. The van der Waals surface area contributed by atoms with E-state index in [1.165, 1.54) is 0 Å². The minimum absolute atomic E-state index is 0.250. The third-order valence-corrected chi connectivity index (χ3v) is 4.81. The molecule has 0 aliphatic heterocycles. The number of carbonyl (C=O) groups is 1. The number of anilines is 1. The van der Waals surface area contributed by atoms with Crippen molar-refractivity contribution in [3.63, 3.8) is 0 Å². The maximum Gasteiger partial charge on any atom is 0.273 e. The quantitative estimate of drug-likeness (QED) is 0.507. The van der Waals surface area contributed by atoms with E-state index < -0.39 is 0 Å². The Labute approximate surface area is 174 Å². The highest BCUT2D eigenvalue weighted by molar-refractivity contribution is 6.03. The summed E-state index contributed by atoms with van der Waals surface area (Å²) in [6.07, 6.45) is 0. The van der Waals surface area contributed by atoms with Gasteiger partial charge in [0.05, 0.1) is 25.0 Å². The van der Waals surface area contributed by atoms with Crippen LogP contribution in [-0.4, -0.2) is 33.0 Å². The van der Waals surface area contributed by atoms with Gasteiger partial charge in [-0.1, -0.05) is 24.3 Å². The second-order valence-electron chi connectivity index (χ2n) is 7.14. The van der Waals surface area contributed by atoms with Gasteiger partial charge >= 0.3 is 0 Å². The second-order valence-corrected chi connectivity index (χ2v) is 7.14. The first kappa shape index (κ1) is 19.4. The zero-order valence-corrected chi connectivity index (χ0v) is 17.1. The molecule has 0 aliphatic carbocycles. The van der Waals surface area contributed by atoms with Crippen LogP contribution in [0, 0.1) is 13.8 Å². The van der Waals surface area contributed by atoms with E-state index in [2.05, 4.69) is 20.6 Å². The molecule has 2 heterocycles. The van der Waals surface area contributed by atoms with Gasteiger partial charge in [-0.05, 0) is 55.8 Å². The van der Waals surface area contributed by atoms with Gasteiger partial charge in [0.1, 0.15) is 11.4 Å². The highest BCUT2D eigenvalue weighted by Crippen LogP contribution is 2.23. The lowest BCUT2D eigenvalue weighted by Crippen LogP contribution is -2.13. The van der Waals surface area contributed by atoms with Crippen molar-refractivity contribution in [3.05, 3.63) is 83.3 Å². The first-order valence-electron chi connectivity index (χ1n) is 9.63. The average Bonchev–Trinajstić information content (AvgIpc) is 3.35. The molecular formula is C23H23N5O2. The van der Waals surface area contributed by atoms with Crippen LogP contribution in [0.15, 0.2) is 60.7 Å². The Morgan fingerprint density at radius 2 is 1.93 bits per heavy atom. The summed E-state index contributed by atoms with van der Waals surface area (Å²) in [6.45, 7) is 4.65. The molecule has 30 heavy (non-hydrogen) atoms. The number of H-pyrrole nitrogens is 1. The van der Waals surface area contributed by atoms with Gasteiger partial charge in [0.2, 0.25) is 0 Å². The Hall–Kier alpha value is -3.87. The number of aromatic nitrogens is 4. The lowest BCUT2D eigenvalue weighted by atomic mass is 10.1. The van der Waals surface area contributed by atoms with Crippen molar-refractivity contribution < 1.29 is 9.53 Å². The fraction of sp³-hybridized carbons (Fsp3) is 0.174.